The second-order valence-electron chi connectivity index (χ2n) is 8.46. The molecule has 5 rings (SSSR count). The fraction of sp³-hybridized carbons (Fsp3) is 0.500. The number of aliphatic hydroxyl groups excluding tert-OH is 1. The number of rotatable bonds is 4. The highest BCUT2D eigenvalue weighted by atomic mass is 35.7. The van der Waals surface area contributed by atoms with Gasteiger partial charge in [-0.25, -0.2) is 4.67 Å². The Bertz CT molecular complexity index is 830. The van der Waals surface area contributed by atoms with Crippen LogP contribution in [0.15, 0.2) is 48.5 Å². The predicted octanol–water partition coefficient (Wildman–Crippen LogP) is 5.48. The molecule has 0 aliphatic carbocycles. The van der Waals surface area contributed by atoms with Crippen LogP contribution in [0.1, 0.15) is 54.6 Å². The van der Waals surface area contributed by atoms with Crippen LogP contribution in [0.3, 0.4) is 0 Å². The standard InChI is InChI=1S/C12H15ClNOP.C12H17NO2/c1-9-4-6-10(7-5-9)12-11-3-2-8-14(11)16(13)15-12;1-15-10-6-4-9(5-7-10)12(14)11-3-2-8-13-11/h4-7,11-12H,2-3,8H2,1H3;4-7,11-14H,2-3,8H2,1H3/t11-,12+,16?;11-,12+/m00/s1. The number of hydrogen-bond donors (Lipinski definition) is 2. The molecule has 5 nitrogen and oxygen atoms in total. The van der Waals surface area contributed by atoms with E-state index in [1.807, 2.05) is 24.3 Å². The number of ether oxygens (including phenoxy) is 1. The summed E-state index contributed by atoms with van der Waals surface area (Å²) in [5, 5.41) is 13.4. The molecule has 0 bridgehead atoms. The third-order valence-corrected chi connectivity index (χ3v) is 8.49. The van der Waals surface area contributed by atoms with Crippen molar-refractivity contribution >= 4 is 18.9 Å². The lowest BCUT2D eigenvalue weighted by Gasteiger charge is -2.18. The Morgan fingerprint density at radius 2 is 1.87 bits per heavy atom. The summed E-state index contributed by atoms with van der Waals surface area (Å²) in [5.74, 6) is 0.824. The first-order valence-corrected chi connectivity index (χ1v) is 13.2. The van der Waals surface area contributed by atoms with Gasteiger partial charge in [0.2, 0.25) is 7.65 Å². The van der Waals surface area contributed by atoms with Gasteiger partial charge in [-0.05, 0) is 73.7 Å². The van der Waals surface area contributed by atoms with Crippen LogP contribution in [-0.2, 0) is 4.52 Å². The van der Waals surface area contributed by atoms with Crippen LogP contribution in [0.4, 0.5) is 0 Å². The first kappa shape index (κ1) is 23.0. The highest BCUT2D eigenvalue weighted by molar-refractivity contribution is 7.78. The number of methoxy groups -OCH3 is 1. The van der Waals surface area contributed by atoms with Crippen molar-refractivity contribution in [1.29, 1.82) is 0 Å². The van der Waals surface area contributed by atoms with Gasteiger partial charge in [0, 0.05) is 18.6 Å². The molecule has 3 aliphatic rings. The molecule has 168 valence electrons. The normalized spacial score (nSPS) is 28.6. The van der Waals surface area contributed by atoms with Gasteiger partial charge in [-0.1, -0.05) is 42.0 Å². The summed E-state index contributed by atoms with van der Waals surface area (Å²) in [4.78, 5) is 0. The van der Waals surface area contributed by atoms with Crippen molar-refractivity contribution < 1.29 is 14.4 Å². The molecule has 3 saturated heterocycles. The summed E-state index contributed by atoms with van der Waals surface area (Å²) < 4.78 is 13.3. The molecule has 0 aromatic heterocycles. The largest absolute Gasteiger partial charge is 0.497 e. The molecular formula is C24H32ClN2O3P. The van der Waals surface area contributed by atoms with Crippen molar-refractivity contribution in [3.05, 3.63) is 65.2 Å². The molecular weight excluding hydrogens is 431 g/mol. The van der Waals surface area contributed by atoms with Crippen LogP contribution in [0.25, 0.3) is 0 Å². The molecule has 2 aromatic carbocycles. The summed E-state index contributed by atoms with van der Waals surface area (Å²) in [5.41, 5.74) is 3.52. The van der Waals surface area contributed by atoms with Crippen LogP contribution >= 0.6 is 18.9 Å². The molecule has 3 heterocycles. The van der Waals surface area contributed by atoms with E-state index in [1.165, 1.54) is 24.0 Å². The fourth-order valence-electron chi connectivity index (χ4n) is 4.56. The molecule has 2 aromatic rings. The summed E-state index contributed by atoms with van der Waals surface area (Å²) >= 11 is 6.26. The van der Waals surface area contributed by atoms with Gasteiger partial charge in [-0.3, -0.25) is 0 Å². The van der Waals surface area contributed by atoms with Gasteiger partial charge in [0.1, 0.15) is 11.9 Å². The third-order valence-electron chi connectivity index (χ3n) is 6.36. The molecule has 0 spiro atoms. The maximum Gasteiger partial charge on any atom is 0.207 e. The SMILES string of the molecule is COc1ccc([C@@H](O)[C@@H]2CCCN2)cc1.Cc1ccc([C@H]2OP(Cl)N3CCC[C@@H]23)cc1. The Hall–Kier alpha value is -1.20. The fourth-order valence-corrected chi connectivity index (χ4v) is 6.72. The van der Waals surface area contributed by atoms with E-state index in [4.69, 9.17) is 20.5 Å². The summed E-state index contributed by atoms with van der Waals surface area (Å²) in [6, 6.07) is 16.9. The zero-order valence-electron chi connectivity index (χ0n) is 18.2. The van der Waals surface area contributed by atoms with Gasteiger partial charge in [-0.15, -0.1) is 0 Å². The number of hydrogen-bond acceptors (Lipinski definition) is 5. The average molecular weight is 463 g/mol. The van der Waals surface area contributed by atoms with Gasteiger partial charge >= 0.3 is 0 Å². The summed E-state index contributed by atoms with van der Waals surface area (Å²) in [6.07, 6.45) is 4.45. The maximum atomic E-state index is 10.1. The van der Waals surface area contributed by atoms with E-state index in [0.29, 0.717) is 6.04 Å². The topological polar surface area (TPSA) is 54.0 Å². The van der Waals surface area contributed by atoms with E-state index in [2.05, 4.69) is 41.2 Å². The molecule has 31 heavy (non-hydrogen) atoms. The minimum Gasteiger partial charge on any atom is -0.497 e. The summed E-state index contributed by atoms with van der Waals surface area (Å²) in [7, 11) is 0.772. The molecule has 5 atom stereocenters. The second-order valence-corrected chi connectivity index (χ2v) is 10.5. The number of fused-ring (bicyclic) bond motifs is 1. The zero-order chi connectivity index (χ0) is 21.8. The minimum absolute atomic E-state index is 0.187. The number of halogens is 1. The molecule has 3 fully saturated rings. The molecule has 7 heteroatoms. The summed E-state index contributed by atoms with van der Waals surface area (Å²) in [6.45, 7) is 4.22. The van der Waals surface area contributed by atoms with Gasteiger partial charge in [0.25, 0.3) is 0 Å². The Morgan fingerprint density at radius 1 is 1.13 bits per heavy atom. The quantitative estimate of drug-likeness (QED) is 0.589. The first-order chi connectivity index (χ1) is 15.1. The number of nitrogens with zero attached hydrogens (tertiary/aromatic N) is 1. The average Bonchev–Trinajstić information content (AvgIpc) is 3.55. The Labute approximate surface area is 191 Å². The highest BCUT2D eigenvalue weighted by Gasteiger charge is 2.45. The lowest BCUT2D eigenvalue weighted by molar-refractivity contribution is 0.137. The molecule has 3 aliphatic heterocycles. The van der Waals surface area contributed by atoms with E-state index in [0.717, 1.165) is 37.2 Å². The minimum atomic E-state index is -0.870. The van der Waals surface area contributed by atoms with Gasteiger partial charge in [0.05, 0.1) is 13.2 Å². The van der Waals surface area contributed by atoms with Crippen LogP contribution < -0.4 is 10.1 Å². The number of aryl methyl sites for hydroxylation is 1. The zero-order valence-corrected chi connectivity index (χ0v) is 19.9. The lowest BCUT2D eigenvalue weighted by atomic mass is 10.0. The first-order valence-electron chi connectivity index (χ1n) is 11.1. The third kappa shape index (κ3) is 5.42. The second kappa shape index (κ2) is 10.6. The lowest BCUT2D eigenvalue weighted by Crippen LogP contribution is -2.28. The predicted molar refractivity (Wildman–Crippen MR) is 126 cm³/mol. The van der Waals surface area contributed by atoms with Crippen molar-refractivity contribution in [3.63, 3.8) is 0 Å². The molecule has 2 N–H and O–H groups in total. The number of benzene rings is 2. The van der Waals surface area contributed by atoms with Crippen molar-refractivity contribution in [2.75, 3.05) is 20.2 Å². The van der Waals surface area contributed by atoms with E-state index in [9.17, 15) is 5.11 Å². The van der Waals surface area contributed by atoms with Crippen molar-refractivity contribution in [3.8, 4) is 5.75 Å². The van der Waals surface area contributed by atoms with Crippen LogP contribution in [0.5, 0.6) is 5.75 Å². The number of aliphatic hydroxyl groups is 1. The van der Waals surface area contributed by atoms with Crippen molar-refractivity contribution in [2.45, 2.75) is 56.9 Å². The van der Waals surface area contributed by atoms with Gasteiger partial charge < -0.3 is 19.7 Å². The van der Waals surface area contributed by atoms with Crippen LogP contribution in [-0.4, -0.2) is 42.1 Å². The van der Waals surface area contributed by atoms with Crippen LogP contribution in [0, 0.1) is 6.92 Å². The Morgan fingerprint density at radius 3 is 2.52 bits per heavy atom. The van der Waals surface area contributed by atoms with Crippen LogP contribution in [0.2, 0.25) is 0 Å². The van der Waals surface area contributed by atoms with E-state index < -0.39 is 13.8 Å². The molecule has 0 saturated carbocycles. The number of nitrogens with one attached hydrogen (secondary N) is 1. The molecule has 0 radical (unpaired) electrons. The van der Waals surface area contributed by atoms with E-state index in [1.54, 1.807) is 7.11 Å². The van der Waals surface area contributed by atoms with Gasteiger partial charge in [0.15, 0.2) is 0 Å². The van der Waals surface area contributed by atoms with Gasteiger partial charge in [-0.2, -0.15) is 0 Å². The Balaban J connectivity index is 0.000000150. The molecule has 0 amide bonds. The van der Waals surface area contributed by atoms with E-state index >= 15 is 0 Å². The van der Waals surface area contributed by atoms with E-state index in [-0.39, 0.29) is 12.1 Å². The maximum absolute atomic E-state index is 10.1. The highest BCUT2D eigenvalue weighted by Crippen LogP contribution is 2.62. The van der Waals surface area contributed by atoms with Crippen molar-refractivity contribution in [2.24, 2.45) is 0 Å². The monoisotopic (exact) mass is 462 g/mol. The molecule has 1 unspecified atom stereocenters. The smallest absolute Gasteiger partial charge is 0.207 e. The Kier molecular flexibility index (Phi) is 7.86. The van der Waals surface area contributed by atoms with Crippen molar-refractivity contribution in [1.82, 2.24) is 9.99 Å².